The van der Waals surface area contributed by atoms with Crippen molar-refractivity contribution in [3.63, 3.8) is 0 Å². The third-order valence-corrected chi connectivity index (χ3v) is 4.56. The lowest BCUT2D eigenvalue weighted by Crippen LogP contribution is -2.34. The van der Waals surface area contributed by atoms with Gasteiger partial charge in [-0.3, -0.25) is 0 Å². The molecule has 0 aliphatic heterocycles. The van der Waals surface area contributed by atoms with E-state index >= 15 is 0 Å². The molecule has 1 heteroatoms. The maximum absolute atomic E-state index is 2.64. The molecule has 0 N–H and O–H groups in total. The monoisotopic (exact) mass is 253 g/mol. The van der Waals surface area contributed by atoms with Crippen molar-refractivity contribution >= 4 is 0 Å². The average molecular weight is 253 g/mol. The van der Waals surface area contributed by atoms with Crippen LogP contribution in [0.1, 0.15) is 90.4 Å². The van der Waals surface area contributed by atoms with Gasteiger partial charge in [-0.1, -0.05) is 71.1 Å². The summed E-state index contributed by atoms with van der Waals surface area (Å²) in [7, 11) is 2.34. The molecule has 0 aromatic rings. The lowest BCUT2D eigenvalue weighted by Gasteiger charge is -2.31. The standard InChI is InChI=1S/C17H35N/c1-3-4-5-6-7-8-9-13-16-18(2)17-14-11-10-12-15-17/h17H,3-16H2,1-2H3. The molecule has 1 nitrogen and oxygen atoms in total. The maximum atomic E-state index is 2.64. The first-order chi connectivity index (χ1) is 8.84. The zero-order chi connectivity index (χ0) is 13.1. The molecule has 18 heavy (non-hydrogen) atoms. The lowest BCUT2D eigenvalue weighted by atomic mass is 9.94. The van der Waals surface area contributed by atoms with Gasteiger partial charge in [-0.25, -0.2) is 0 Å². The van der Waals surface area contributed by atoms with Crippen LogP contribution in [0.4, 0.5) is 0 Å². The summed E-state index contributed by atoms with van der Waals surface area (Å²) in [6.45, 7) is 3.63. The van der Waals surface area contributed by atoms with E-state index in [1.807, 2.05) is 0 Å². The van der Waals surface area contributed by atoms with Gasteiger partial charge in [0.15, 0.2) is 0 Å². The number of nitrogens with zero attached hydrogens (tertiary/aromatic N) is 1. The summed E-state index contributed by atoms with van der Waals surface area (Å²) < 4.78 is 0. The SMILES string of the molecule is CCCCCCCCCCN(C)C1CCCCC1. The Hall–Kier alpha value is -0.0400. The Morgan fingerprint density at radius 2 is 1.33 bits per heavy atom. The molecule has 0 atom stereocenters. The highest BCUT2D eigenvalue weighted by Gasteiger charge is 2.16. The highest BCUT2D eigenvalue weighted by atomic mass is 15.1. The summed E-state index contributed by atoms with van der Waals surface area (Å²) in [5.41, 5.74) is 0. The van der Waals surface area contributed by atoms with Gasteiger partial charge in [0, 0.05) is 6.04 Å². The van der Waals surface area contributed by atoms with Crippen LogP contribution in [0, 0.1) is 0 Å². The topological polar surface area (TPSA) is 3.24 Å². The molecule has 0 bridgehead atoms. The number of unbranched alkanes of at least 4 members (excludes halogenated alkanes) is 7. The van der Waals surface area contributed by atoms with E-state index in [4.69, 9.17) is 0 Å². The first-order valence-electron chi connectivity index (χ1n) is 8.55. The van der Waals surface area contributed by atoms with E-state index < -0.39 is 0 Å². The summed E-state index contributed by atoms with van der Waals surface area (Å²) in [5.74, 6) is 0. The molecule has 108 valence electrons. The molecule has 0 amide bonds. The van der Waals surface area contributed by atoms with Gasteiger partial charge in [0.25, 0.3) is 0 Å². The second-order valence-electron chi connectivity index (χ2n) is 6.25. The molecule has 1 aliphatic rings. The highest BCUT2D eigenvalue weighted by Crippen LogP contribution is 2.21. The highest BCUT2D eigenvalue weighted by molar-refractivity contribution is 4.73. The van der Waals surface area contributed by atoms with Crippen LogP contribution in [-0.2, 0) is 0 Å². The molecule has 1 saturated carbocycles. The van der Waals surface area contributed by atoms with Crippen LogP contribution in [0.5, 0.6) is 0 Å². The molecule has 0 unspecified atom stereocenters. The Labute approximate surface area is 115 Å². The van der Waals surface area contributed by atoms with Crippen molar-refractivity contribution in [1.82, 2.24) is 4.90 Å². The van der Waals surface area contributed by atoms with Crippen molar-refractivity contribution in [1.29, 1.82) is 0 Å². The lowest BCUT2D eigenvalue weighted by molar-refractivity contribution is 0.188. The van der Waals surface area contributed by atoms with Crippen LogP contribution in [0.3, 0.4) is 0 Å². The average Bonchev–Trinajstić information content (AvgIpc) is 2.42. The number of hydrogen-bond acceptors (Lipinski definition) is 1. The predicted octanol–water partition coefficient (Wildman–Crippen LogP) is 5.39. The van der Waals surface area contributed by atoms with Gasteiger partial charge < -0.3 is 4.90 Å². The van der Waals surface area contributed by atoms with Crippen molar-refractivity contribution in [2.24, 2.45) is 0 Å². The normalized spacial score (nSPS) is 17.5. The minimum atomic E-state index is 0.906. The zero-order valence-corrected chi connectivity index (χ0v) is 12.9. The zero-order valence-electron chi connectivity index (χ0n) is 12.9. The fourth-order valence-corrected chi connectivity index (χ4v) is 3.20. The first kappa shape index (κ1) is 16.0. The Morgan fingerprint density at radius 3 is 1.94 bits per heavy atom. The largest absolute Gasteiger partial charge is 0.303 e. The van der Waals surface area contributed by atoms with Crippen molar-refractivity contribution in [3.8, 4) is 0 Å². The minimum Gasteiger partial charge on any atom is -0.303 e. The van der Waals surface area contributed by atoms with Gasteiger partial charge in [0.05, 0.1) is 0 Å². The summed E-state index contributed by atoms with van der Waals surface area (Å²) in [6.07, 6.45) is 18.8. The maximum Gasteiger partial charge on any atom is 0.00922 e. The molecule has 0 heterocycles. The Kier molecular flexibility index (Phi) is 9.65. The van der Waals surface area contributed by atoms with E-state index in [0.717, 1.165) is 6.04 Å². The van der Waals surface area contributed by atoms with E-state index in [1.54, 1.807) is 0 Å². The molecule has 0 spiro atoms. The van der Waals surface area contributed by atoms with Crippen LogP contribution < -0.4 is 0 Å². The summed E-state index contributed by atoms with van der Waals surface area (Å²) in [6, 6.07) is 0.906. The number of hydrogen-bond donors (Lipinski definition) is 0. The number of rotatable bonds is 10. The third kappa shape index (κ3) is 7.41. The third-order valence-electron chi connectivity index (χ3n) is 4.56. The van der Waals surface area contributed by atoms with Crippen molar-refractivity contribution in [2.75, 3.05) is 13.6 Å². The fourth-order valence-electron chi connectivity index (χ4n) is 3.20. The molecule has 1 aliphatic carbocycles. The van der Waals surface area contributed by atoms with Crippen LogP contribution >= 0.6 is 0 Å². The summed E-state index contributed by atoms with van der Waals surface area (Å²) >= 11 is 0. The molecule has 0 saturated heterocycles. The quantitative estimate of drug-likeness (QED) is 0.472. The van der Waals surface area contributed by atoms with Gasteiger partial charge in [-0.05, 0) is 32.9 Å². The van der Waals surface area contributed by atoms with Gasteiger partial charge in [-0.15, -0.1) is 0 Å². The molecule has 1 fully saturated rings. The van der Waals surface area contributed by atoms with Crippen LogP contribution in [0.25, 0.3) is 0 Å². The van der Waals surface area contributed by atoms with E-state index in [9.17, 15) is 0 Å². The molecule has 1 rings (SSSR count). The molecule has 0 aromatic heterocycles. The molecular formula is C17H35N. The Morgan fingerprint density at radius 1 is 0.778 bits per heavy atom. The smallest absolute Gasteiger partial charge is 0.00922 e. The minimum absolute atomic E-state index is 0.906. The van der Waals surface area contributed by atoms with Crippen molar-refractivity contribution < 1.29 is 0 Å². The van der Waals surface area contributed by atoms with Crippen molar-refractivity contribution in [3.05, 3.63) is 0 Å². The first-order valence-corrected chi connectivity index (χ1v) is 8.55. The molecule has 0 radical (unpaired) electrons. The van der Waals surface area contributed by atoms with E-state index in [-0.39, 0.29) is 0 Å². The fraction of sp³-hybridized carbons (Fsp3) is 1.00. The van der Waals surface area contributed by atoms with E-state index in [1.165, 1.54) is 90.0 Å². The summed E-state index contributed by atoms with van der Waals surface area (Å²) in [4.78, 5) is 2.64. The Balaban J connectivity index is 1.87. The van der Waals surface area contributed by atoms with Gasteiger partial charge in [0.2, 0.25) is 0 Å². The van der Waals surface area contributed by atoms with E-state index in [0.29, 0.717) is 0 Å². The van der Waals surface area contributed by atoms with Gasteiger partial charge in [-0.2, -0.15) is 0 Å². The molecule has 0 aromatic carbocycles. The van der Waals surface area contributed by atoms with Crippen molar-refractivity contribution in [2.45, 2.75) is 96.4 Å². The summed E-state index contributed by atoms with van der Waals surface area (Å²) in [5, 5.41) is 0. The van der Waals surface area contributed by atoms with Crippen LogP contribution in [0.2, 0.25) is 0 Å². The van der Waals surface area contributed by atoms with Crippen LogP contribution in [-0.4, -0.2) is 24.5 Å². The Bertz CT molecular complexity index is 172. The second-order valence-corrected chi connectivity index (χ2v) is 6.25. The molecular weight excluding hydrogens is 218 g/mol. The van der Waals surface area contributed by atoms with Gasteiger partial charge in [0.1, 0.15) is 0 Å². The van der Waals surface area contributed by atoms with E-state index in [2.05, 4.69) is 18.9 Å². The van der Waals surface area contributed by atoms with Gasteiger partial charge >= 0.3 is 0 Å². The second kappa shape index (κ2) is 10.8. The predicted molar refractivity (Wildman–Crippen MR) is 82.1 cm³/mol. The van der Waals surface area contributed by atoms with Crippen LogP contribution in [0.15, 0.2) is 0 Å².